The maximum atomic E-state index is 6.18. The van der Waals surface area contributed by atoms with E-state index in [1.54, 1.807) is 0 Å². The van der Waals surface area contributed by atoms with Crippen molar-refractivity contribution in [3.63, 3.8) is 0 Å². The van der Waals surface area contributed by atoms with Crippen LogP contribution in [0.3, 0.4) is 0 Å². The average Bonchev–Trinajstić information content (AvgIpc) is 2.19. The fraction of sp³-hybridized carbons (Fsp3) is 0.182. The summed E-state index contributed by atoms with van der Waals surface area (Å²) in [6.07, 6.45) is 0.859. The Balaban J connectivity index is 2.85. The van der Waals surface area contributed by atoms with Gasteiger partial charge in [0.2, 0.25) is 0 Å². The van der Waals surface area contributed by atoms with Crippen LogP contribution in [0.2, 0.25) is 10.0 Å². The maximum absolute atomic E-state index is 6.18. The Labute approximate surface area is 112 Å². The van der Waals surface area contributed by atoms with Crippen molar-refractivity contribution in [3.8, 4) is 0 Å². The van der Waals surface area contributed by atoms with Gasteiger partial charge in [0, 0.05) is 14.7 Å². The maximum Gasteiger partial charge on any atom is 0.0907 e. The number of benzene rings is 1. The van der Waals surface area contributed by atoms with E-state index in [2.05, 4.69) is 27.6 Å². The molecule has 0 bridgehead atoms. The Kier molecular flexibility index (Phi) is 3.38. The Bertz CT molecular complexity index is 525. The summed E-state index contributed by atoms with van der Waals surface area (Å²) in [6, 6.07) is 5.79. The summed E-state index contributed by atoms with van der Waals surface area (Å²) >= 11 is 14.5. The molecule has 0 saturated heterocycles. The molecule has 2 aromatic rings. The second kappa shape index (κ2) is 4.44. The van der Waals surface area contributed by atoms with Crippen molar-refractivity contribution in [3.05, 3.63) is 37.5 Å². The number of fused-ring (bicyclic) bond motifs is 1. The Hall–Kier alpha value is -0.0600. The van der Waals surface area contributed by atoms with Crippen molar-refractivity contribution in [2.75, 3.05) is 0 Å². The molecule has 1 heterocycles. The summed E-state index contributed by atoms with van der Waals surface area (Å²) in [5.74, 6) is 0. The summed E-state index contributed by atoms with van der Waals surface area (Å²) in [7, 11) is 0. The summed E-state index contributed by atoms with van der Waals surface area (Å²) in [6.45, 7) is 2.05. The molecule has 15 heavy (non-hydrogen) atoms. The number of hydrogen-bond acceptors (Lipinski definition) is 1. The summed E-state index contributed by atoms with van der Waals surface area (Å²) in [4.78, 5) is 4.48. The molecule has 0 radical (unpaired) electrons. The van der Waals surface area contributed by atoms with Crippen molar-refractivity contribution in [2.45, 2.75) is 13.3 Å². The number of aryl methyl sites for hydroxylation is 1. The van der Waals surface area contributed by atoms with Gasteiger partial charge in [-0.25, -0.2) is 0 Å². The zero-order valence-corrected chi connectivity index (χ0v) is 11.7. The molecular weight excluding hydrogens is 344 g/mol. The van der Waals surface area contributed by atoms with Gasteiger partial charge in [-0.3, -0.25) is 4.98 Å². The molecule has 1 aromatic carbocycles. The van der Waals surface area contributed by atoms with Crippen LogP contribution in [0, 0.1) is 3.57 Å². The van der Waals surface area contributed by atoms with Gasteiger partial charge in [-0.1, -0.05) is 30.1 Å². The van der Waals surface area contributed by atoms with Crippen LogP contribution in [0.25, 0.3) is 10.9 Å². The molecule has 0 aliphatic carbocycles. The Morgan fingerprint density at radius 2 is 1.93 bits per heavy atom. The van der Waals surface area contributed by atoms with Crippen LogP contribution >= 0.6 is 45.8 Å². The lowest BCUT2D eigenvalue weighted by Gasteiger charge is -2.05. The molecule has 0 fully saturated rings. The Morgan fingerprint density at radius 3 is 2.60 bits per heavy atom. The first-order valence-electron chi connectivity index (χ1n) is 4.56. The normalized spacial score (nSPS) is 10.9. The average molecular weight is 352 g/mol. The molecule has 1 aromatic heterocycles. The molecule has 0 N–H and O–H groups in total. The van der Waals surface area contributed by atoms with E-state index >= 15 is 0 Å². The van der Waals surface area contributed by atoms with Gasteiger partial charge in [0.15, 0.2) is 0 Å². The third-order valence-corrected chi connectivity index (χ3v) is 3.42. The zero-order chi connectivity index (χ0) is 11.0. The van der Waals surface area contributed by atoms with Crippen LogP contribution < -0.4 is 0 Å². The number of nitrogens with zero attached hydrogens (tertiary/aromatic N) is 1. The van der Waals surface area contributed by atoms with Crippen LogP contribution in [-0.4, -0.2) is 4.98 Å². The lowest BCUT2D eigenvalue weighted by molar-refractivity contribution is 1.06. The predicted molar refractivity (Wildman–Crippen MR) is 73.9 cm³/mol. The highest BCUT2D eigenvalue weighted by molar-refractivity contribution is 14.1. The molecule has 0 atom stereocenters. The molecule has 4 heteroatoms. The van der Waals surface area contributed by atoms with Gasteiger partial charge in [-0.2, -0.15) is 0 Å². The zero-order valence-electron chi connectivity index (χ0n) is 8.02. The first-order valence-corrected chi connectivity index (χ1v) is 6.39. The van der Waals surface area contributed by atoms with Crippen molar-refractivity contribution in [2.24, 2.45) is 0 Å². The van der Waals surface area contributed by atoms with E-state index < -0.39 is 0 Å². The highest BCUT2D eigenvalue weighted by atomic mass is 127. The standard InChI is InChI=1S/C11H8Cl2IN/c1-2-7-5-9(12)8-3-6(14)4-10(13)11(8)15-7/h3-5H,2H2,1H3. The molecule has 0 aliphatic heterocycles. The predicted octanol–water partition coefficient (Wildman–Crippen LogP) is 4.71. The number of pyridine rings is 1. The number of rotatable bonds is 1. The third-order valence-electron chi connectivity index (χ3n) is 2.20. The number of hydrogen-bond donors (Lipinski definition) is 0. The molecule has 0 aliphatic rings. The van der Waals surface area contributed by atoms with Crippen molar-refractivity contribution >= 4 is 56.7 Å². The van der Waals surface area contributed by atoms with Gasteiger partial charge in [0.1, 0.15) is 0 Å². The minimum atomic E-state index is 0.661. The molecule has 0 amide bonds. The van der Waals surface area contributed by atoms with Gasteiger partial charge < -0.3 is 0 Å². The first-order chi connectivity index (χ1) is 7.11. The van der Waals surface area contributed by atoms with E-state index in [1.807, 2.05) is 25.1 Å². The summed E-state index contributed by atoms with van der Waals surface area (Å²) in [5, 5.41) is 2.30. The van der Waals surface area contributed by atoms with E-state index in [1.165, 1.54) is 0 Å². The summed E-state index contributed by atoms with van der Waals surface area (Å²) < 4.78 is 1.07. The topological polar surface area (TPSA) is 12.9 Å². The van der Waals surface area contributed by atoms with Crippen molar-refractivity contribution < 1.29 is 0 Å². The Morgan fingerprint density at radius 1 is 1.20 bits per heavy atom. The number of aromatic nitrogens is 1. The highest BCUT2D eigenvalue weighted by Crippen LogP contribution is 2.30. The second-order valence-electron chi connectivity index (χ2n) is 3.23. The van der Waals surface area contributed by atoms with E-state index in [4.69, 9.17) is 23.2 Å². The van der Waals surface area contributed by atoms with E-state index in [0.717, 1.165) is 31.6 Å². The largest absolute Gasteiger partial charge is 0.251 e. The van der Waals surface area contributed by atoms with Crippen LogP contribution in [0.4, 0.5) is 0 Å². The SMILES string of the molecule is CCc1cc(Cl)c2cc(I)cc(Cl)c2n1. The number of halogens is 3. The van der Waals surface area contributed by atoms with Crippen LogP contribution in [0.5, 0.6) is 0 Å². The van der Waals surface area contributed by atoms with Gasteiger partial charge in [0.25, 0.3) is 0 Å². The minimum absolute atomic E-state index is 0.661. The monoisotopic (exact) mass is 351 g/mol. The smallest absolute Gasteiger partial charge is 0.0907 e. The van der Waals surface area contributed by atoms with E-state index in [-0.39, 0.29) is 0 Å². The molecule has 1 nitrogen and oxygen atoms in total. The van der Waals surface area contributed by atoms with Gasteiger partial charge >= 0.3 is 0 Å². The van der Waals surface area contributed by atoms with Gasteiger partial charge in [-0.15, -0.1) is 0 Å². The van der Waals surface area contributed by atoms with Crippen LogP contribution in [-0.2, 0) is 6.42 Å². The molecule has 0 unspecified atom stereocenters. The fourth-order valence-electron chi connectivity index (χ4n) is 1.44. The lowest BCUT2D eigenvalue weighted by atomic mass is 10.2. The van der Waals surface area contributed by atoms with Crippen molar-refractivity contribution in [1.82, 2.24) is 4.98 Å². The lowest BCUT2D eigenvalue weighted by Crippen LogP contribution is -1.90. The van der Waals surface area contributed by atoms with Crippen LogP contribution in [0.1, 0.15) is 12.6 Å². The van der Waals surface area contributed by atoms with Crippen molar-refractivity contribution in [1.29, 1.82) is 0 Å². The molecule has 0 spiro atoms. The quantitative estimate of drug-likeness (QED) is 0.678. The van der Waals surface area contributed by atoms with Gasteiger partial charge in [0.05, 0.1) is 15.6 Å². The third kappa shape index (κ3) is 2.22. The fourth-order valence-corrected chi connectivity index (χ4v) is 2.78. The van der Waals surface area contributed by atoms with E-state index in [9.17, 15) is 0 Å². The van der Waals surface area contributed by atoms with E-state index in [0.29, 0.717) is 5.02 Å². The first kappa shape index (κ1) is 11.4. The highest BCUT2D eigenvalue weighted by Gasteiger charge is 2.07. The summed E-state index contributed by atoms with van der Waals surface area (Å²) in [5.41, 5.74) is 1.76. The molecule has 2 rings (SSSR count). The molecule has 0 saturated carbocycles. The second-order valence-corrected chi connectivity index (χ2v) is 5.29. The van der Waals surface area contributed by atoms with Gasteiger partial charge in [-0.05, 0) is 47.2 Å². The van der Waals surface area contributed by atoms with Crippen LogP contribution in [0.15, 0.2) is 18.2 Å². The molecule has 78 valence electrons. The minimum Gasteiger partial charge on any atom is -0.251 e. The molecular formula is C11H8Cl2IN.